The molecule has 2 aromatic carbocycles. The molecule has 2 N–H and O–H groups in total. The van der Waals surface area contributed by atoms with Crippen LogP contribution < -0.4 is 10.0 Å². The van der Waals surface area contributed by atoms with Crippen LogP contribution in [-0.2, 0) is 10.0 Å². The number of anilines is 1. The van der Waals surface area contributed by atoms with Gasteiger partial charge in [0.2, 0.25) is 10.0 Å². The normalized spacial score (nSPS) is 19.6. The molecule has 4 rings (SSSR count). The Hall–Kier alpha value is -2.15. The van der Waals surface area contributed by atoms with Gasteiger partial charge in [-0.05, 0) is 73.6 Å². The number of rotatable bonds is 6. The van der Waals surface area contributed by atoms with Crippen molar-refractivity contribution in [1.82, 2.24) is 9.71 Å². The SMILES string of the molecule is CC(C)c1ccc(S(=O)(=O)NC2CCC(Nc3ccnc4cc(Cl)ccc34)CC2)cc1. The summed E-state index contributed by atoms with van der Waals surface area (Å²) < 4.78 is 28.5. The van der Waals surface area contributed by atoms with Gasteiger partial charge in [0.15, 0.2) is 0 Å². The van der Waals surface area contributed by atoms with E-state index in [0.717, 1.165) is 47.8 Å². The fraction of sp³-hybridized carbons (Fsp3) is 0.375. The van der Waals surface area contributed by atoms with E-state index in [2.05, 4.69) is 28.9 Å². The molecule has 1 heterocycles. The number of pyridine rings is 1. The lowest BCUT2D eigenvalue weighted by Crippen LogP contribution is -2.40. The summed E-state index contributed by atoms with van der Waals surface area (Å²) in [5.74, 6) is 0.377. The lowest BCUT2D eigenvalue weighted by molar-refractivity contribution is 0.387. The van der Waals surface area contributed by atoms with E-state index in [9.17, 15) is 8.42 Å². The number of sulfonamides is 1. The molecule has 1 aromatic heterocycles. The molecule has 0 aliphatic heterocycles. The molecule has 1 fully saturated rings. The first-order valence-corrected chi connectivity index (χ1v) is 12.6. The fourth-order valence-corrected chi connectivity index (χ4v) is 5.61. The van der Waals surface area contributed by atoms with Gasteiger partial charge in [-0.25, -0.2) is 13.1 Å². The van der Waals surface area contributed by atoms with Gasteiger partial charge in [0.1, 0.15) is 0 Å². The predicted molar refractivity (Wildman–Crippen MR) is 127 cm³/mol. The van der Waals surface area contributed by atoms with Crippen molar-refractivity contribution < 1.29 is 8.42 Å². The molecular weight excluding hydrogens is 430 g/mol. The van der Waals surface area contributed by atoms with Gasteiger partial charge in [0.25, 0.3) is 0 Å². The van der Waals surface area contributed by atoms with Gasteiger partial charge >= 0.3 is 0 Å². The minimum Gasteiger partial charge on any atom is -0.382 e. The van der Waals surface area contributed by atoms with Crippen molar-refractivity contribution in [1.29, 1.82) is 0 Å². The lowest BCUT2D eigenvalue weighted by Gasteiger charge is -2.30. The summed E-state index contributed by atoms with van der Waals surface area (Å²) >= 11 is 6.08. The molecule has 3 aromatic rings. The second-order valence-corrected chi connectivity index (χ2v) is 10.7. The molecule has 0 amide bonds. The van der Waals surface area contributed by atoms with Gasteiger partial charge in [-0.15, -0.1) is 0 Å². The first-order valence-electron chi connectivity index (χ1n) is 10.7. The second-order valence-electron chi connectivity index (χ2n) is 8.56. The number of hydrogen-bond acceptors (Lipinski definition) is 4. The number of halogens is 1. The highest BCUT2D eigenvalue weighted by Crippen LogP contribution is 2.29. The smallest absolute Gasteiger partial charge is 0.240 e. The van der Waals surface area contributed by atoms with Gasteiger partial charge < -0.3 is 5.32 Å². The molecule has 0 saturated heterocycles. The van der Waals surface area contributed by atoms with E-state index >= 15 is 0 Å². The standard InChI is InChI=1S/C24H28ClN3O2S/c1-16(2)17-3-10-21(11-4-17)31(29,30)28-20-8-6-19(7-9-20)27-23-13-14-26-24-15-18(25)5-12-22(23)24/h3-5,10-16,19-20,28H,6-9H2,1-2H3,(H,26,27). The molecule has 0 unspecified atom stereocenters. The lowest BCUT2D eigenvalue weighted by atomic mass is 9.91. The number of aromatic nitrogens is 1. The maximum absolute atomic E-state index is 12.8. The molecule has 0 radical (unpaired) electrons. The molecule has 0 bridgehead atoms. The highest BCUT2D eigenvalue weighted by molar-refractivity contribution is 7.89. The van der Waals surface area contributed by atoms with Crippen LogP contribution in [0.4, 0.5) is 5.69 Å². The van der Waals surface area contributed by atoms with Crippen LogP contribution in [0.3, 0.4) is 0 Å². The fourth-order valence-electron chi connectivity index (χ4n) is 4.14. The van der Waals surface area contributed by atoms with Gasteiger partial charge in [-0.3, -0.25) is 4.98 Å². The van der Waals surface area contributed by atoms with Crippen molar-refractivity contribution in [3.8, 4) is 0 Å². The van der Waals surface area contributed by atoms with Crippen LogP contribution in [0.1, 0.15) is 51.0 Å². The van der Waals surface area contributed by atoms with Crippen LogP contribution in [0.25, 0.3) is 10.9 Å². The number of fused-ring (bicyclic) bond motifs is 1. The van der Waals surface area contributed by atoms with Gasteiger partial charge in [-0.2, -0.15) is 0 Å². The number of nitrogens with zero attached hydrogens (tertiary/aromatic N) is 1. The van der Waals surface area contributed by atoms with E-state index < -0.39 is 10.0 Å². The van der Waals surface area contributed by atoms with Crippen molar-refractivity contribution in [2.75, 3.05) is 5.32 Å². The van der Waals surface area contributed by atoms with Crippen LogP contribution in [0, 0.1) is 0 Å². The summed E-state index contributed by atoms with van der Waals surface area (Å²) in [7, 11) is -3.50. The Labute approximate surface area is 189 Å². The quantitative estimate of drug-likeness (QED) is 0.497. The number of nitrogens with one attached hydrogen (secondary N) is 2. The Bertz CT molecular complexity index is 1160. The molecule has 7 heteroatoms. The average Bonchev–Trinajstić information content (AvgIpc) is 2.75. The highest BCUT2D eigenvalue weighted by Gasteiger charge is 2.26. The molecular formula is C24H28ClN3O2S. The average molecular weight is 458 g/mol. The summed E-state index contributed by atoms with van der Waals surface area (Å²) in [5.41, 5.74) is 3.04. The molecule has 5 nitrogen and oxygen atoms in total. The first-order chi connectivity index (χ1) is 14.8. The zero-order chi connectivity index (χ0) is 22.0. The Kier molecular flexibility index (Phi) is 6.51. The first kappa shape index (κ1) is 22.1. The zero-order valence-electron chi connectivity index (χ0n) is 17.8. The van der Waals surface area contributed by atoms with Crippen LogP contribution in [-0.4, -0.2) is 25.5 Å². The van der Waals surface area contributed by atoms with Gasteiger partial charge in [0, 0.05) is 34.4 Å². The van der Waals surface area contributed by atoms with Crippen LogP contribution >= 0.6 is 11.6 Å². The van der Waals surface area contributed by atoms with Gasteiger partial charge in [-0.1, -0.05) is 37.6 Å². The van der Waals surface area contributed by atoms with Crippen molar-refractivity contribution in [2.24, 2.45) is 0 Å². The Morgan fingerprint density at radius 3 is 2.32 bits per heavy atom. The van der Waals surface area contributed by atoms with E-state index in [0.29, 0.717) is 21.9 Å². The van der Waals surface area contributed by atoms with Crippen molar-refractivity contribution in [3.63, 3.8) is 0 Å². The van der Waals surface area contributed by atoms with E-state index in [4.69, 9.17) is 11.6 Å². The molecule has 0 atom stereocenters. The number of hydrogen-bond donors (Lipinski definition) is 2. The summed E-state index contributed by atoms with van der Waals surface area (Å²) in [6, 6.07) is 15.1. The van der Waals surface area contributed by atoms with Gasteiger partial charge in [0.05, 0.1) is 10.4 Å². The third-order valence-electron chi connectivity index (χ3n) is 5.97. The Morgan fingerprint density at radius 2 is 1.65 bits per heavy atom. The zero-order valence-corrected chi connectivity index (χ0v) is 19.4. The summed E-state index contributed by atoms with van der Waals surface area (Å²) in [6.07, 6.45) is 5.19. The highest BCUT2D eigenvalue weighted by atomic mass is 35.5. The molecule has 1 saturated carbocycles. The monoisotopic (exact) mass is 457 g/mol. The molecule has 0 spiro atoms. The minimum absolute atomic E-state index is 0.0409. The molecule has 164 valence electrons. The third-order valence-corrected chi connectivity index (χ3v) is 7.74. The van der Waals surface area contributed by atoms with E-state index in [1.165, 1.54) is 0 Å². The van der Waals surface area contributed by atoms with Crippen molar-refractivity contribution in [3.05, 3.63) is 65.3 Å². The van der Waals surface area contributed by atoms with Crippen LogP contribution in [0.2, 0.25) is 5.02 Å². The van der Waals surface area contributed by atoms with E-state index in [1.54, 1.807) is 18.3 Å². The molecule has 1 aliphatic rings. The summed E-state index contributed by atoms with van der Waals surface area (Å²) in [4.78, 5) is 4.72. The molecule has 1 aliphatic carbocycles. The predicted octanol–water partition coefficient (Wildman–Crippen LogP) is 5.71. The largest absolute Gasteiger partial charge is 0.382 e. The Morgan fingerprint density at radius 1 is 0.968 bits per heavy atom. The van der Waals surface area contributed by atoms with Crippen molar-refractivity contribution >= 4 is 38.2 Å². The topological polar surface area (TPSA) is 71.1 Å². The summed E-state index contributed by atoms with van der Waals surface area (Å²) in [5, 5.41) is 5.33. The maximum Gasteiger partial charge on any atom is 0.240 e. The minimum atomic E-state index is -3.50. The van der Waals surface area contributed by atoms with Crippen LogP contribution in [0.15, 0.2) is 59.6 Å². The number of benzene rings is 2. The third kappa shape index (κ3) is 5.20. The Balaban J connectivity index is 1.37. The van der Waals surface area contributed by atoms with Crippen LogP contribution in [0.5, 0.6) is 0 Å². The summed E-state index contributed by atoms with van der Waals surface area (Å²) in [6.45, 7) is 4.19. The van der Waals surface area contributed by atoms with E-state index in [1.807, 2.05) is 36.4 Å². The van der Waals surface area contributed by atoms with Crippen molar-refractivity contribution in [2.45, 2.75) is 62.4 Å². The second kappa shape index (κ2) is 9.15. The maximum atomic E-state index is 12.8. The molecule has 31 heavy (non-hydrogen) atoms. The van der Waals surface area contributed by atoms with E-state index in [-0.39, 0.29) is 6.04 Å².